The zero-order valence-electron chi connectivity index (χ0n) is 6.12. The van der Waals surface area contributed by atoms with Crippen molar-refractivity contribution < 1.29 is 0 Å². The van der Waals surface area contributed by atoms with Crippen LogP contribution in [-0.2, 0) is 0 Å². The lowest BCUT2D eigenvalue weighted by Crippen LogP contribution is -2.01. The first-order valence-electron chi connectivity index (χ1n) is 3.93. The molecule has 0 aromatic heterocycles. The molecular weight excluding hydrogens is 132 g/mol. The van der Waals surface area contributed by atoms with Crippen LogP contribution in [0.15, 0.2) is 59.3 Å². The molecule has 1 unspecified atom stereocenters. The molecule has 0 radical (unpaired) electrons. The Morgan fingerprint density at radius 1 is 0.727 bits per heavy atom. The summed E-state index contributed by atoms with van der Waals surface area (Å²) in [6.07, 6.45) is 15.4. The highest BCUT2D eigenvalue weighted by Crippen LogP contribution is 2.41. The average Bonchev–Trinajstić information content (AvgIpc) is 2.60. The average molecular weight is 140 g/mol. The molecule has 0 saturated heterocycles. The summed E-state index contributed by atoms with van der Waals surface area (Å²) in [5, 5.41) is 0. The lowest BCUT2D eigenvalue weighted by atomic mass is 9.90. The molecule has 0 aliphatic heterocycles. The van der Waals surface area contributed by atoms with Gasteiger partial charge in [-0.2, -0.15) is 0 Å². The standard InChI is InChI=1S/C11H8/c1-2-8-4-6-10-7-5-9(3-1)11(8)10/h1-7,11H. The van der Waals surface area contributed by atoms with Gasteiger partial charge in [0.1, 0.15) is 0 Å². The first kappa shape index (κ1) is 5.36. The molecule has 52 valence electrons. The second-order valence-electron chi connectivity index (χ2n) is 3.13. The van der Waals surface area contributed by atoms with Gasteiger partial charge in [0.2, 0.25) is 0 Å². The quantitative estimate of drug-likeness (QED) is 0.485. The minimum Gasteiger partial charge on any atom is -0.0617 e. The van der Waals surface area contributed by atoms with Crippen molar-refractivity contribution in [2.24, 2.45) is 5.92 Å². The number of hydrogen-bond acceptors (Lipinski definition) is 0. The molecule has 0 nitrogen and oxygen atoms in total. The molecule has 0 heteroatoms. The van der Waals surface area contributed by atoms with Crippen LogP contribution < -0.4 is 0 Å². The van der Waals surface area contributed by atoms with Gasteiger partial charge in [0, 0.05) is 5.92 Å². The second-order valence-corrected chi connectivity index (χ2v) is 3.13. The third-order valence-electron chi connectivity index (χ3n) is 2.51. The Hall–Kier alpha value is -1.30. The minimum absolute atomic E-state index is 0.597. The molecule has 0 aromatic carbocycles. The summed E-state index contributed by atoms with van der Waals surface area (Å²) in [4.78, 5) is 0. The molecule has 0 spiro atoms. The summed E-state index contributed by atoms with van der Waals surface area (Å²) in [7, 11) is 0. The highest BCUT2D eigenvalue weighted by molar-refractivity contribution is 5.61. The molecule has 0 fully saturated rings. The van der Waals surface area contributed by atoms with E-state index in [1.807, 2.05) is 0 Å². The van der Waals surface area contributed by atoms with Gasteiger partial charge >= 0.3 is 0 Å². The maximum absolute atomic E-state index is 2.22. The van der Waals surface area contributed by atoms with Crippen LogP contribution in [0.3, 0.4) is 0 Å². The van der Waals surface area contributed by atoms with Gasteiger partial charge in [0.15, 0.2) is 0 Å². The Labute approximate surface area is 65.9 Å². The fourth-order valence-corrected chi connectivity index (χ4v) is 1.98. The maximum Gasteiger partial charge on any atom is 0.0339 e. The van der Waals surface area contributed by atoms with Crippen molar-refractivity contribution >= 4 is 0 Å². The van der Waals surface area contributed by atoms with Crippen molar-refractivity contribution in [2.45, 2.75) is 0 Å². The van der Waals surface area contributed by atoms with Crippen LogP contribution in [0.1, 0.15) is 0 Å². The van der Waals surface area contributed by atoms with E-state index in [4.69, 9.17) is 0 Å². The lowest BCUT2D eigenvalue weighted by Gasteiger charge is -2.14. The smallest absolute Gasteiger partial charge is 0.0339 e. The van der Waals surface area contributed by atoms with E-state index in [1.54, 1.807) is 0 Å². The molecule has 0 amide bonds. The number of rotatable bonds is 0. The van der Waals surface area contributed by atoms with Crippen LogP contribution in [0.2, 0.25) is 0 Å². The molecule has 0 saturated carbocycles. The molecule has 0 bridgehead atoms. The molecule has 0 aromatic rings. The van der Waals surface area contributed by atoms with Crippen molar-refractivity contribution in [2.75, 3.05) is 0 Å². The topological polar surface area (TPSA) is 0 Å². The van der Waals surface area contributed by atoms with E-state index in [0.717, 1.165) is 0 Å². The van der Waals surface area contributed by atoms with E-state index in [2.05, 4.69) is 42.5 Å². The van der Waals surface area contributed by atoms with E-state index in [9.17, 15) is 0 Å². The maximum atomic E-state index is 2.22. The fraction of sp³-hybridized carbons (Fsp3) is 0.0909. The molecule has 1 atom stereocenters. The molecule has 3 aliphatic rings. The third kappa shape index (κ3) is 0.548. The summed E-state index contributed by atoms with van der Waals surface area (Å²) < 4.78 is 0. The van der Waals surface area contributed by atoms with E-state index in [0.29, 0.717) is 5.92 Å². The highest BCUT2D eigenvalue weighted by Gasteiger charge is 2.27. The fourth-order valence-electron chi connectivity index (χ4n) is 1.98. The van der Waals surface area contributed by atoms with Crippen LogP contribution >= 0.6 is 0 Å². The molecule has 3 rings (SSSR count). The molecule has 0 N–H and O–H groups in total. The van der Waals surface area contributed by atoms with Crippen molar-refractivity contribution in [3.8, 4) is 0 Å². The van der Waals surface area contributed by atoms with Crippen LogP contribution in [0.4, 0.5) is 0 Å². The number of hydrogen-bond donors (Lipinski definition) is 0. The van der Waals surface area contributed by atoms with E-state index in [-0.39, 0.29) is 0 Å². The Morgan fingerprint density at radius 3 is 2.18 bits per heavy atom. The van der Waals surface area contributed by atoms with Crippen LogP contribution in [0, 0.1) is 5.92 Å². The molecule has 3 aliphatic carbocycles. The van der Waals surface area contributed by atoms with Crippen molar-refractivity contribution in [3.05, 3.63) is 59.3 Å². The van der Waals surface area contributed by atoms with Crippen LogP contribution in [-0.4, -0.2) is 0 Å². The van der Waals surface area contributed by atoms with Gasteiger partial charge in [-0.3, -0.25) is 0 Å². The van der Waals surface area contributed by atoms with Crippen molar-refractivity contribution in [1.82, 2.24) is 0 Å². The van der Waals surface area contributed by atoms with Crippen molar-refractivity contribution in [1.29, 1.82) is 0 Å². The Balaban J connectivity index is 2.28. The Morgan fingerprint density at radius 2 is 1.36 bits per heavy atom. The monoisotopic (exact) mass is 140 g/mol. The first-order chi connectivity index (χ1) is 5.45. The SMILES string of the molecule is C1=CC2=CC=C3C=CC(=C1)C23. The van der Waals surface area contributed by atoms with Gasteiger partial charge in [-0.25, -0.2) is 0 Å². The van der Waals surface area contributed by atoms with Gasteiger partial charge in [-0.1, -0.05) is 42.5 Å². The largest absolute Gasteiger partial charge is 0.0617 e. The van der Waals surface area contributed by atoms with E-state index < -0.39 is 0 Å². The summed E-state index contributed by atoms with van der Waals surface area (Å²) in [5.41, 5.74) is 4.35. The second kappa shape index (κ2) is 1.65. The van der Waals surface area contributed by atoms with Gasteiger partial charge in [0.05, 0.1) is 0 Å². The third-order valence-corrected chi connectivity index (χ3v) is 2.51. The molecule has 0 heterocycles. The van der Waals surface area contributed by atoms with Gasteiger partial charge < -0.3 is 0 Å². The van der Waals surface area contributed by atoms with Crippen LogP contribution in [0.25, 0.3) is 0 Å². The summed E-state index contributed by atoms with van der Waals surface area (Å²) in [6, 6.07) is 0. The highest BCUT2D eigenvalue weighted by atomic mass is 14.3. The summed E-state index contributed by atoms with van der Waals surface area (Å²) in [5.74, 6) is 0.597. The van der Waals surface area contributed by atoms with Gasteiger partial charge in [-0.15, -0.1) is 0 Å². The summed E-state index contributed by atoms with van der Waals surface area (Å²) in [6.45, 7) is 0. The van der Waals surface area contributed by atoms with E-state index in [1.165, 1.54) is 16.7 Å². The molecule has 11 heavy (non-hydrogen) atoms. The zero-order valence-corrected chi connectivity index (χ0v) is 6.12. The zero-order chi connectivity index (χ0) is 7.26. The summed E-state index contributed by atoms with van der Waals surface area (Å²) >= 11 is 0. The minimum atomic E-state index is 0.597. The van der Waals surface area contributed by atoms with Gasteiger partial charge in [0.25, 0.3) is 0 Å². The van der Waals surface area contributed by atoms with E-state index >= 15 is 0 Å². The lowest BCUT2D eigenvalue weighted by molar-refractivity contribution is 0.949. The molecular formula is C11H8. The Bertz CT molecular complexity index is 359. The van der Waals surface area contributed by atoms with Crippen molar-refractivity contribution in [3.63, 3.8) is 0 Å². The normalized spacial score (nSPS) is 29.8. The first-order valence-corrected chi connectivity index (χ1v) is 3.93. The van der Waals surface area contributed by atoms with Crippen LogP contribution in [0.5, 0.6) is 0 Å². The number of allylic oxidation sites excluding steroid dienone is 10. The predicted octanol–water partition coefficient (Wildman–Crippen LogP) is 2.54. The Kier molecular flexibility index (Phi) is 0.803. The van der Waals surface area contributed by atoms with Gasteiger partial charge in [-0.05, 0) is 16.7 Å². The predicted molar refractivity (Wildman–Crippen MR) is 46.0 cm³/mol.